The van der Waals surface area contributed by atoms with Crippen LogP contribution in [0.25, 0.3) is 11.2 Å². The lowest BCUT2D eigenvalue weighted by atomic mass is 10.1. The summed E-state index contributed by atoms with van der Waals surface area (Å²) in [5.74, 6) is 1.48. The number of urea groups is 1. The van der Waals surface area contributed by atoms with Gasteiger partial charge in [0.25, 0.3) is 0 Å². The summed E-state index contributed by atoms with van der Waals surface area (Å²) in [5.41, 5.74) is 1.63. The molecule has 2 aliphatic heterocycles. The predicted octanol–water partition coefficient (Wildman–Crippen LogP) is 2.02. The number of carbonyl (C=O) groups excluding carboxylic acids is 2. The summed E-state index contributed by atoms with van der Waals surface area (Å²) in [6.07, 6.45) is 7.75. The fraction of sp³-hybridized carbons (Fsp3) is 0.640. The Bertz CT molecular complexity index is 1100. The number of imidazole rings is 1. The van der Waals surface area contributed by atoms with Gasteiger partial charge in [-0.05, 0) is 54.1 Å². The van der Waals surface area contributed by atoms with Crippen molar-refractivity contribution in [2.24, 2.45) is 0 Å². The van der Waals surface area contributed by atoms with Crippen LogP contribution >= 0.6 is 0 Å². The average molecular weight is 498 g/mol. The molecular weight excluding hydrogens is 458 g/mol. The maximum absolute atomic E-state index is 12.9. The van der Waals surface area contributed by atoms with Crippen LogP contribution in [0.15, 0.2) is 18.5 Å². The lowest BCUT2D eigenvalue weighted by Crippen LogP contribution is -2.50. The highest BCUT2D eigenvalue weighted by Gasteiger charge is 2.29. The average Bonchev–Trinajstić information content (AvgIpc) is 3.46. The van der Waals surface area contributed by atoms with Gasteiger partial charge in [0, 0.05) is 56.9 Å². The largest absolute Gasteiger partial charge is 0.365 e. The van der Waals surface area contributed by atoms with Crippen LogP contribution in [0.4, 0.5) is 10.6 Å². The Morgan fingerprint density at radius 3 is 2.50 bits per heavy atom. The number of nitrogens with one attached hydrogen (secondary N) is 2. The molecule has 196 valence electrons. The summed E-state index contributed by atoms with van der Waals surface area (Å²) in [7, 11) is 3.93. The molecule has 2 fully saturated rings. The smallest absolute Gasteiger partial charge is 0.317 e. The molecule has 0 bridgehead atoms. The second kappa shape index (κ2) is 11.2. The monoisotopic (exact) mass is 497 g/mol. The minimum Gasteiger partial charge on any atom is -0.365 e. The molecule has 2 saturated heterocycles. The first-order chi connectivity index (χ1) is 17.2. The number of aromatic nitrogens is 4. The summed E-state index contributed by atoms with van der Waals surface area (Å²) < 4.78 is 2.06. The van der Waals surface area contributed by atoms with Gasteiger partial charge in [-0.2, -0.15) is 0 Å². The van der Waals surface area contributed by atoms with Crippen molar-refractivity contribution in [3.63, 3.8) is 0 Å². The minimum absolute atomic E-state index is 0.00658. The highest BCUT2D eigenvalue weighted by atomic mass is 16.2. The van der Waals surface area contributed by atoms with Gasteiger partial charge in [-0.15, -0.1) is 0 Å². The summed E-state index contributed by atoms with van der Waals surface area (Å²) in [4.78, 5) is 44.7. The summed E-state index contributed by atoms with van der Waals surface area (Å²) in [5, 5.41) is 6.68. The molecule has 2 aliphatic rings. The molecule has 2 aromatic heterocycles. The highest BCUT2D eigenvalue weighted by Crippen LogP contribution is 2.24. The van der Waals surface area contributed by atoms with Crippen LogP contribution in [0.1, 0.15) is 45.0 Å². The van der Waals surface area contributed by atoms with Crippen LogP contribution < -0.4 is 10.6 Å². The number of amides is 3. The van der Waals surface area contributed by atoms with Crippen molar-refractivity contribution < 1.29 is 9.59 Å². The third kappa shape index (κ3) is 6.13. The lowest BCUT2D eigenvalue weighted by molar-refractivity contribution is -0.125. The molecule has 1 unspecified atom stereocenters. The van der Waals surface area contributed by atoms with Gasteiger partial charge in [0.05, 0.1) is 6.33 Å². The van der Waals surface area contributed by atoms with Gasteiger partial charge in [-0.25, -0.2) is 19.7 Å². The Kier molecular flexibility index (Phi) is 8.07. The normalized spacial score (nSPS) is 19.2. The molecule has 2 N–H and O–H groups in total. The second-order valence-corrected chi connectivity index (χ2v) is 10.3. The van der Waals surface area contributed by atoms with Crippen LogP contribution in [0.2, 0.25) is 0 Å². The Morgan fingerprint density at radius 2 is 1.81 bits per heavy atom. The Hall–Kier alpha value is -3.21. The van der Waals surface area contributed by atoms with E-state index in [2.05, 4.69) is 44.0 Å². The number of likely N-dealkylation sites (N-methyl/N-ethyl adjacent to an activating group) is 1. The number of nitrogens with zero attached hydrogens (tertiary/aromatic N) is 7. The summed E-state index contributed by atoms with van der Waals surface area (Å²) in [6.45, 7) is 9.40. The topological polar surface area (TPSA) is 112 Å². The Balaban J connectivity index is 1.26. The van der Waals surface area contributed by atoms with Crippen molar-refractivity contribution in [3.8, 4) is 0 Å². The third-order valence-corrected chi connectivity index (χ3v) is 6.77. The van der Waals surface area contributed by atoms with Gasteiger partial charge in [0.2, 0.25) is 5.91 Å². The summed E-state index contributed by atoms with van der Waals surface area (Å²) in [6, 6.07) is 0.424. The van der Waals surface area contributed by atoms with Crippen LogP contribution in [0.5, 0.6) is 0 Å². The van der Waals surface area contributed by atoms with E-state index in [9.17, 15) is 9.59 Å². The van der Waals surface area contributed by atoms with Crippen molar-refractivity contribution in [1.29, 1.82) is 0 Å². The number of piperidine rings is 1. The Labute approximate surface area is 212 Å². The fourth-order valence-corrected chi connectivity index (χ4v) is 4.74. The van der Waals surface area contributed by atoms with E-state index in [-0.39, 0.29) is 30.1 Å². The van der Waals surface area contributed by atoms with Crippen molar-refractivity contribution >= 4 is 28.9 Å². The fourth-order valence-electron chi connectivity index (χ4n) is 4.74. The van der Waals surface area contributed by atoms with Gasteiger partial charge in [0.15, 0.2) is 11.5 Å². The number of hydrogen-bond donors (Lipinski definition) is 2. The standard InChI is InChI=1S/C25H39N9O2/c1-17(2)34-16-26-22-23(27-18(3)28-24(22)34)29-19-8-12-32(13-9-19)25(36)30-20-10-14-33(15-20)21(35)7-6-11-31(4)5/h6-7,16-17,19-20H,8-15H2,1-5H3,(H,30,36)(H,27,28,29). The number of anilines is 1. The van der Waals surface area contributed by atoms with Crippen LogP contribution in [-0.2, 0) is 4.79 Å². The van der Waals surface area contributed by atoms with Crippen molar-refractivity contribution in [3.05, 3.63) is 24.3 Å². The van der Waals surface area contributed by atoms with E-state index in [1.165, 1.54) is 0 Å². The van der Waals surface area contributed by atoms with Crippen LogP contribution in [0.3, 0.4) is 0 Å². The molecule has 11 nitrogen and oxygen atoms in total. The molecular formula is C25H39N9O2. The first-order valence-corrected chi connectivity index (χ1v) is 12.8. The zero-order valence-corrected chi connectivity index (χ0v) is 22.1. The molecule has 11 heteroatoms. The number of hydrogen-bond acceptors (Lipinski definition) is 7. The van der Waals surface area contributed by atoms with E-state index >= 15 is 0 Å². The van der Waals surface area contributed by atoms with Gasteiger partial charge >= 0.3 is 6.03 Å². The first-order valence-electron chi connectivity index (χ1n) is 12.8. The van der Waals surface area contributed by atoms with Crippen molar-refractivity contribution in [1.82, 2.24) is 39.5 Å². The van der Waals surface area contributed by atoms with E-state index in [0.717, 1.165) is 42.8 Å². The van der Waals surface area contributed by atoms with Crippen molar-refractivity contribution in [2.45, 2.75) is 58.2 Å². The van der Waals surface area contributed by atoms with E-state index in [0.29, 0.717) is 32.0 Å². The maximum atomic E-state index is 12.9. The van der Waals surface area contributed by atoms with Gasteiger partial charge in [-0.1, -0.05) is 6.08 Å². The molecule has 1 atom stereocenters. The molecule has 2 aromatic rings. The minimum atomic E-state index is -0.0492. The molecule has 0 aromatic carbocycles. The number of carbonyl (C=O) groups is 2. The van der Waals surface area contributed by atoms with E-state index in [1.807, 2.05) is 43.2 Å². The highest BCUT2D eigenvalue weighted by molar-refractivity contribution is 5.88. The van der Waals surface area contributed by atoms with Crippen LogP contribution in [-0.4, -0.2) is 105 Å². The van der Waals surface area contributed by atoms with E-state index < -0.39 is 0 Å². The molecule has 0 radical (unpaired) electrons. The maximum Gasteiger partial charge on any atom is 0.317 e. The van der Waals surface area contributed by atoms with E-state index in [4.69, 9.17) is 0 Å². The quantitative estimate of drug-likeness (QED) is 0.563. The van der Waals surface area contributed by atoms with Gasteiger partial charge < -0.3 is 29.9 Å². The zero-order valence-electron chi connectivity index (χ0n) is 22.1. The molecule has 0 spiro atoms. The van der Waals surface area contributed by atoms with Crippen molar-refractivity contribution in [2.75, 3.05) is 52.1 Å². The third-order valence-electron chi connectivity index (χ3n) is 6.77. The SMILES string of the molecule is Cc1nc(NC2CCN(C(=O)NC3CCN(C(=O)C=CCN(C)C)C3)CC2)c2ncn(C(C)C)c2n1. The lowest BCUT2D eigenvalue weighted by Gasteiger charge is -2.33. The predicted molar refractivity (Wildman–Crippen MR) is 140 cm³/mol. The number of rotatable bonds is 7. The zero-order chi connectivity index (χ0) is 25.8. The molecule has 0 aliphatic carbocycles. The summed E-state index contributed by atoms with van der Waals surface area (Å²) >= 11 is 0. The van der Waals surface area contributed by atoms with E-state index in [1.54, 1.807) is 11.0 Å². The molecule has 3 amide bonds. The number of fused-ring (bicyclic) bond motifs is 1. The second-order valence-electron chi connectivity index (χ2n) is 10.3. The van der Waals surface area contributed by atoms with Crippen LogP contribution in [0, 0.1) is 6.92 Å². The molecule has 0 saturated carbocycles. The Morgan fingerprint density at radius 1 is 1.11 bits per heavy atom. The number of likely N-dealkylation sites (tertiary alicyclic amines) is 2. The first kappa shape index (κ1) is 25.9. The number of aryl methyl sites for hydroxylation is 1. The molecule has 4 rings (SSSR count). The van der Waals surface area contributed by atoms with Gasteiger partial charge in [-0.3, -0.25) is 4.79 Å². The molecule has 4 heterocycles. The van der Waals surface area contributed by atoms with Gasteiger partial charge in [0.1, 0.15) is 11.3 Å². The molecule has 36 heavy (non-hydrogen) atoms.